The lowest BCUT2D eigenvalue weighted by atomic mass is 9.98. The molecule has 1 N–H and O–H groups in total. The summed E-state index contributed by atoms with van der Waals surface area (Å²) in [7, 11) is 0. The fourth-order valence-corrected chi connectivity index (χ4v) is 2.84. The molecule has 1 aromatic rings. The van der Waals surface area contributed by atoms with Crippen LogP contribution in [0.15, 0.2) is 30.3 Å². The van der Waals surface area contributed by atoms with Gasteiger partial charge in [0, 0.05) is 6.54 Å². The highest BCUT2D eigenvalue weighted by Gasteiger charge is 2.39. The molecular formula is C17H24N2O2. The molecule has 114 valence electrons. The number of hydrogen-bond acceptors (Lipinski definition) is 2. The minimum Gasteiger partial charge on any atom is -0.339 e. The molecule has 2 unspecified atom stereocenters. The molecule has 1 aromatic carbocycles. The Balaban J connectivity index is 2.19. The van der Waals surface area contributed by atoms with Crippen molar-refractivity contribution in [3.63, 3.8) is 0 Å². The summed E-state index contributed by atoms with van der Waals surface area (Å²) >= 11 is 0. The summed E-state index contributed by atoms with van der Waals surface area (Å²) in [6, 6.07) is 8.60. The third-order valence-electron chi connectivity index (χ3n) is 4.02. The third-order valence-corrected chi connectivity index (χ3v) is 4.02. The molecule has 2 atom stereocenters. The molecule has 2 rings (SSSR count). The number of unbranched alkanes of at least 4 members (excludes halogenated alkanes) is 2. The zero-order valence-corrected chi connectivity index (χ0v) is 12.8. The van der Waals surface area contributed by atoms with E-state index in [0.29, 0.717) is 13.0 Å². The smallest absolute Gasteiger partial charge is 0.250 e. The topological polar surface area (TPSA) is 49.4 Å². The predicted molar refractivity (Wildman–Crippen MR) is 82.6 cm³/mol. The van der Waals surface area contributed by atoms with Gasteiger partial charge in [-0.1, -0.05) is 57.0 Å². The molecule has 1 fully saturated rings. The van der Waals surface area contributed by atoms with Crippen LogP contribution >= 0.6 is 0 Å². The number of carbonyl (C=O) groups excluding carboxylic acids is 2. The average Bonchev–Trinajstić information content (AvgIpc) is 2.51. The Bertz CT molecular complexity index is 487. The second-order valence-corrected chi connectivity index (χ2v) is 5.52. The summed E-state index contributed by atoms with van der Waals surface area (Å²) in [5.74, 6) is -0.0220. The van der Waals surface area contributed by atoms with Crippen LogP contribution in [0.5, 0.6) is 0 Å². The molecule has 0 aliphatic carbocycles. The first-order valence-corrected chi connectivity index (χ1v) is 7.84. The van der Waals surface area contributed by atoms with Crippen LogP contribution in [0.2, 0.25) is 0 Å². The van der Waals surface area contributed by atoms with Gasteiger partial charge in [-0.3, -0.25) is 9.59 Å². The summed E-state index contributed by atoms with van der Waals surface area (Å²) < 4.78 is 0. The second kappa shape index (κ2) is 7.25. The van der Waals surface area contributed by atoms with Gasteiger partial charge >= 0.3 is 0 Å². The highest BCUT2D eigenvalue weighted by Crippen LogP contribution is 2.23. The first-order valence-electron chi connectivity index (χ1n) is 7.84. The highest BCUT2D eigenvalue weighted by atomic mass is 16.2. The van der Waals surface area contributed by atoms with Crippen molar-refractivity contribution in [2.45, 2.75) is 51.6 Å². The number of amides is 2. The van der Waals surface area contributed by atoms with Crippen molar-refractivity contribution in [3.05, 3.63) is 35.9 Å². The van der Waals surface area contributed by atoms with Gasteiger partial charge in [-0.15, -0.1) is 0 Å². The summed E-state index contributed by atoms with van der Waals surface area (Å²) in [5, 5.41) is 2.87. The standard InChI is InChI=1S/C17H24N2O2/c1-3-5-9-12-19-14(4-2)16(20)18-15(17(19)21)13-10-7-6-8-11-13/h6-8,10-11,14-15H,3-5,9,12H2,1-2H3,(H,18,20). The number of piperazine rings is 1. The second-order valence-electron chi connectivity index (χ2n) is 5.52. The molecule has 0 spiro atoms. The predicted octanol–water partition coefficient (Wildman–Crippen LogP) is 2.65. The van der Waals surface area contributed by atoms with Crippen molar-refractivity contribution in [1.29, 1.82) is 0 Å². The van der Waals surface area contributed by atoms with E-state index in [2.05, 4.69) is 12.2 Å². The van der Waals surface area contributed by atoms with Crippen LogP contribution in [0, 0.1) is 0 Å². The van der Waals surface area contributed by atoms with Gasteiger partial charge in [-0.25, -0.2) is 0 Å². The van der Waals surface area contributed by atoms with Gasteiger partial charge in [0.25, 0.3) is 0 Å². The molecule has 4 nitrogen and oxygen atoms in total. The summed E-state index contributed by atoms with van der Waals surface area (Å²) in [5.41, 5.74) is 0.853. The molecule has 0 radical (unpaired) electrons. The molecular weight excluding hydrogens is 264 g/mol. The fraction of sp³-hybridized carbons (Fsp3) is 0.529. The van der Waals surface area contributed by atoms with Crippen LogP contribution < -0.4 is 5.32 Å². The Morgan fingerprint density at radius 3 is 2.43 bits per heavy atom. The largest absolute Gasteiger partial charge is 0.339 e. The Morgan fingerprint density at radius 1 is 1.10 bits per heavy atom. The summed E-state index contributed by atoms with van der Waals surface area (Å²) in [6.45, 7) is 4.75. The minimum atomic E-state index is -0.539. The summed E-state index contributed by atoms with van der Waals surface area (Å²) in [4.78, 5) is 26.8. The van der Waals surface area contributed by atoms with Crippen LogP contribution in [0.25, 0.3) is 0 Å². The van der Waals surface area contributed by atoms with Crippen LogP contribution in [-0.2, 0) is 9.59 Å². The van der Waals surface area contributed by atoms with E-state index in [4.69, 9.17) is 0 Å². The van der Waals surface area contributed by atoms with Crippen molar-refractivity contribution < 1.29 is 9.59 Å². The maximum Gasteiger partial charge on any atom is 0.250 e. The monoisotopic (exact) mass is 288 g/mol. The lowest BCUT2D eigenvalue weighted by Crippen LogP contribution is -2.59. The zero-order chi connectivity index (χ0) is 15.2. The molecule has 2 amide bonds. The quantitative estimate of drug-likeness (QED) is 0.818. The fourth-order valence-electron chi connectivity index (χ4n) is 2.84. The van der Waals surface area contributed by atoms with E-state index < -0.39 is 6.04 Å². The number of nitrogens with zero attached hydrogens (tertiary/aromatic N) is 1. The van der Waals surface area contributed by atoms with E-state index in [1.165, 1.54) is 0 Å². The van der Waals surface area contributed by atoms with E-state index >= 15 is 0 Å². The van der Waals surface area contributed by atoms with E-state index in [0.717, 1.165) is 24.8 Å². The lowest BCUT2D eigenvalue weighted by Gasteiger charge is -2.39. The van der Waals surface area contributed by atoms with Crippen LogP contribution in [0.1, 0.15) is 51.1 Å². The Labute approximate surface area is 126 Å². The molecule has 0 bridgehead atoms. The number of benzene rings is 1. The zero-order valence-electron chi connectivity index (χ0n) is 12.8. The molecule has 0 saturated carbocycles. The van der Waals surface area contributed by atoms with Gasteiger partial charge in [0.15, 0.2) is 0 Å². The van der Waals surface area contributed by atoms with Crippen molar-refractivity contribution in [2.75, 3.05) is 6.54 Å². The first-order chi connectivity index (χ1) is 10.2. The maximum atomic E-state index is 12.7. The lowest BCUT2D eigenvalue weighted by molar-refractivity contribution is -0.149. The van der Waals surface area contributed by atoms with E-state index in [1.54, 1.807) is 4.90 Å². The van der Waals surface area contributed by atoms with Gasteiger partial charge < -0.3 is 10.2 Å². The Kier molecular flexibility index (Phi) is 5.37. The maximum absolute atomic E-state index is 12.7. The van der Waals surface area contributed by atoms with Crippen molar-refractivity contribution in [2.24, 2.45) is 0 Å². The number of carbonyl (C=O) groups is 2. The molecule has 4 heteroatoms. The van der Waals surface area contributed by atoms with Gasteiger partial charge in [-0.05, 0) is 18.4 Å². The molecule has 1 aliphatic rings. The third kappa shape index (κ3) is 3.43. The highest BCUT2D eigenvalue weighted by molar-refractivity contribution is 5.97. The summed E-state index contributed by atoms with van der Waals surface area (Å²) in [6.07, 6.45) is 3.80. The van der Waals surface area contributed by atoms with Crippen molar-refractivity contribution in [1.82, 2.24) is 10.2 Å². The molecule has 1 aliphatic heterocycles. The van der Waals surface area contributed by atoms with E-state index in [1.807, 2.05) is 37.3 Å². The van der Waals surface area contributed by atoms with Crippen molar-refractivity contribution >= 4 is 11.8 Å². The number of nitrogens with one attached hydrogen (secondary N) is 1. The number of rotatable bonds is 6. The van der Waals surface area contributed by atoms with Crippen LogP contribution in [-0.4, -0.2) is 29.3 Å². The first kappa shape index (κ1) is 15.5. The molecule has 0 aromatic heterocycles. The Hall–Kier alpha value is -1.84. The average molecular weight is 288 g/mol. The molecule has 1 saturated heterocycles. The van der Waals surface area contributed by atoms with Gasteiger partial charge in [0.05, 0.1) is 0 Å². The van der Waals surface area contributed by atoms with Crippen molar-refractivity contribution in [3.8, 4) is 0 Å². The van der Waals surface area contributed by atoms with Gasteiger partial charge in [-0.2, -0.15) is 0 Å². The Morgan fingerprint density at radius 2 is 1.81 bits per heavy atom. The van der Waals surface area contributed by atoms with Gasteiger partial charge in [0.2, 0.25) is 11.8 Å². The number of hydrogen-bond donors (Lipinski definition) is 1. The molecule has 1 heterocycles. The van der Waals surface area contributed by atoms with Gasteiger partial charge in [0.1, 0.15) is 12.1 Å². The van der Waals surface area contributed by atoms with Crippen LogP contribution in [0.4, 0.5) is 0 Å². The normalized spacial score (nSPS) is 22.3. The van der Waals surface area contributed by atoms with E-state index in [9.17, 15) is 9.59 Å². The molecule has 21 heavy (non-hydrogen) atoms. The van der Waals surface area contributed by atoms with E-state index in [-0.39, 0.29) is 17.9 Å². The SMILES string of the molecule is CCCCCN1C(=O)C(c2ccccc2)NC(=O)C1CC. The minimum absolute atomic E-state index is 0.0174. The van der Waals surface area contributed by atoms with Crippen LogP contribution in [0.3, 0.4) is 0 Å².